The second-order valence-corrected chi connectivity index (χ2v) is 10.9. The van der Waals surface area contributed by atoms with E-state index in [1.165, 1.54) is 6.42 Å². The second-order valence-electron chi connectivity index (χ2n) is 10.9. The van der Waals surface area contributed by atoms with Gasteiger partial charge in [-0.3, -0.25) is 14.4 Å². The summed E-state index contributed by atoms with van der Waals surface area (Å²) < 4.78 is 6.64. The van der Waals surface area contributed by atoms with Crippen LogP contribution in [-0.4, -0.2) is 64.2 Å². The Morgan fingerprint density at radius 1 is 1.09 bits per heavy atom. The van der Waals surface area contributed by atoms with Crippen LogP contribution in [0.15, 0.2) is 30.3 Å². The second kappa shape index (κ2) is 9.54. The first-order valence-electron chi connectivity index (χ1n) is 13.2. The molecule has 1 saturated carbocycles. The van der Waals surface area contributed by atoms with Crippen LogP contribution in [0.3, 0.4) is 0 Å². The van der Waals surface area contributed by atoms with Crippen LogP contribution >= 0.6 is 0 Å². The molecule has 2 bridgehead atoms. The first kappa shape index (κ1) is 24.3. The summed E-state index contributed by atoms with van der Waals surface area (Å²) in [5.74, 6) is -1.94. The molecule has 5 atom stereocenters. The highest BCUT2D eigenvalue weighted by atomic mass is 16.5. The number of aliphatic hydroxyl groups excluding tert-OH is 1. The van der Waals surface area contributed by atoms with E-state index in [0.717, 1.165) is 25.7 Å². The van der Waals surface area contributed by atoms with E-state index in [2.05, 4.69) is 10.6 Å². The number of carbonyl (C=O) groups excluding carboxylic acids is 3. The minimum absolute atomic E-state index is 0.0339. The smallest absolute Gasteiger partial charge is 0.246 e. The lowest BCUT2D eigenvalue weighted by atomic mass is 9.66. The molecule has 0 radical (unpaired) electrons. The molecule has 0 aromatic heterocycles. The number of hydrogen-bond acceptors (Lipinski definition) is 5. The Labute approximate surface area is 206 Å². The molecule has 5 rings (SSSR count). The van der Waals surface area contributed by atoms with Gasteiger partial charge in [0.1, 0.15) is 11.6 Å². The van der Waals surface area contributed by atoms with E-state index in [4.69, 9.17) is 4.74 Å². The van der Waals surface area contributed by atoms with Crippen LogP contribution in [0.25, 0.3) is 0 Å². The fourth-order valence-electron chi connectivity index (χ4n) is 7.03. The van der Waals surface area contributed by atoms with Crippen molar-refractivity contribution in [1.29, 1.82) is 0 Å². The van der Waals surface area contributed by atoms with E-state index in [9.17, 15) is 19.5 Å². The lowest BCUT2D eigenvalue weighted by molar-refractivity contribution is -0.145. The van der Waals surface area contributed by atoms with E-state index in [0.29, 0.717) is 37.9 Å². The summed E-state index contributed by atoms with van der Waals surface area (Å²) in [4.78, 5) is 42.9. The van der Waals surface area contributed by atoms with Crippen molar-refractivity contribution in [2.24, 2.45) is 11.8 Å². The number of hydrogen-bond donors (Lipinski definition) is 3. The van der Waals surface area contributed by atoms with E-state index in [1.807, 2.05) is 37.3 Å². The Bertz CT molecular complexity index is 965. The quantitative estimate of drug-likeness (QED) is 0.493. The molecular formula is C27H37N3O5. The predicted molar refractivity (Wildman–Crippen MR) is 130 cm³/mol. The van der Waals surface area contributed by atoms with Gasteiger partial charge >= 0.3 is 0 Å². The van der Waals surface area contributed by atoms with Crippen LogP contribution in [0.1, 0.15) is 64.7 Å². The summed E-state index contributed by atoms with van der Waals surface area (Å²) in [6, 6.07) is 8.60. The first-order valence-corrected chi connectivity index (χ1v) is 13.2. The summed E-state index contributed by atoms with van der Waals surface area (Å²) >= 11 is 0. The maximum absolute atomic E-state index is 13.9. The number of rotatable bonds is 8. The Kier molecular flexibility index (Phi) is 6.61. The van der Waals surface area contributed by atoms with Crippen LogP contribution in [0.2, 0.25) is 0 Å². The van der Waals surface area contributed by atoms with Gasteiger partial charge in [-0.25, -0.2) is 0 Å². The number of benzene rings is 1. The zero-order valence-electron chi connectivity index (χ0n) is 20.5. The predicted octanol–water partition coefficient (Wildman–Crippen LogP) is 2.61. The fourth-order valence-corrected chi connectivity index (χ4v) is 7.03. The van der Waals surface area contributed by atoms with Gasteiger partial charge in [0.2, 0.25) is 17.7 Å². The van der Waals surface area contributed by atoms with Gasteiger partial charge in [0.25, 0.3) is 0 Å². The maximum atomic E-state index is 13.9. The third-order valence-electron chi connectivity index (χ3n) is 8.61. The molecule has 4 fully saturated rings. The third kappa shape index (κ3) is 4.14. The van der Waals surface area contributed by atoms with Crippen molar-refractivity contribution < 1.29 is 24.2 Å². The standard InChI is InChI=1S/C27H37N3O5/c1-26-14-15-27(35-26)21(20(26)23(32)28-18-10-4-2-5-11-18)25(34)30(16-8-9-17-31)22(27)24(33)29-19-12-6-3-7-13-19/h2,4-5,10-11,19-22,31H,3,6-9,12-17H2,1H3,(H,28,32)(H,29,33)/t20-,21-,22?,26+,27?/m0/s1. The van der Waals surface area contributed by atoms with Crippen molar-refractivity contribution in [3.05, 3.63) is 30.3 Å². The molecule has 3 amide bonds. The molecule has 1 aromatic rings. The molecule has 1 aliphatic carbocycles. The summed E-state index contributed by atoms with van der Waals surface area (Å²) in [6.07, 6.45) is 7.63. The number of ether oxygens (including phenoxy) is 1. The summed E-state index contributed by atoms with van der Waals surface area (Å²) in [5, 5.41) is 15.5. The zero-order chi connectivity index (χ0) is 24.6. The largest absolute Gasteiger partial charge is 0.396 e. The van der Waals surface area contributed by atoms with Crippen LogP contribution in [0.5, 0.6) is 0 Å². The normalized spacial score (nSPS) is 34.2. The molecule has 190 valence electrons. The Balaban J connectivity index is 1.45. The molecule has 2 unspecified atom stereocenters. The number of likely N-dealkylation sites (tertiary alicyclic amines) is 1. The summed E-state index contributed by atoms with van der Waals surface area (Å²) in [5.41, 5.74) is -1.11. The number of anilines is 1. The molecule has 3 aliphatic heterocycles. The van der Waals surface area contributed by atoms with Crippen molar-refractivity contribution in [1.82, 2.24) is 10.2 Å². The van der Waals surface area contributed by atoms with Crippen LogP contribution in [0, 0.1) is 11.8 Å². The minimum Gasteiger partial charge on any atom is -0.396 e. The molecule has 1 aromatic carbocycles. The first-order chi connectivity index (χ1) is 16.9. The molecule has 1 spiro atoms. The van der Waals surface area contributed by atoms with Gasteiger partial charge in [-0.05, 0) is 57.6 Å². The average molecular weight is 484 g/mol. The van der Waals surface area contributed by atoms with Gasteiger partial charge in [0, 0.05) is 24.9 Å². The van der Waals surface area contributed by atoms with Crippen molar-refractivity contribution >= 4 is 23.4 Å². The number of carbonyl (C=O) groups is 3. The molecular weight excluding hydrogens is 446 g/mol. The van der Waals surface area contributed by atoms with E-state index in [-0.39, 0.29) is 30.4 Å². The third-order valence-corrected chi connectivity index (χ3v) is 8.61. The lowest BCUT2D eigenvalue weighted by Crippen LogP contribution is -2.57. The SMILES string of the molecule is C[C@]12CCC3(O1)C(C(=O)NC1CCCCC1)N(CCCCO)C(=O)[C@@H]3[C@H]2C(=O)Nc1ccccc1. The number of nitrogens with one attached hydrogen (secondary N) is 2. The van der Waals surface area contributed by atoms with E-state index < -0.39 is 29.1 Å². The Hall–Kier alpha value is -2.45. The Morgan fingerprint density at radius 3 is 2.54 bits per heavy atom. The fraction of sp³-hybridized carbons (Fsp3) is 0.667. The van der Waals surface area contributed by atoms with E-state index >= 15 is 0 Å². The van der Waals surface area contributed by atoms with Gasteiger partial charge < -0.3 is 25.4 Å². The van der Waals surface area contributed by atoms with Crippen molar-refractivity contribution in [2.75, 3.05) is 18.5 Å². The van der Waals surface area contributed by atoms with E-state index in [1.54, 1.807) is 4.90 Å². The monoisotopic (exact) mass is 483 g/mol. The number of amides is 3. The van der Waals surface area contributed by atoms with Crippen molar-refractivity contribution in [3.63, 3.8) is 0 Å². The number of aliphatic hydroxyl groups is 1. The van der Waals surface area contributed by atoms with Crippen molar-refractivity contribution in [3.8, 4) is 0 Å². The van der Waals surface area contributed by atoms with Crippen LogP contribution < -0.4 is 10.6 Å². The van der Waals surface area contributed by atoms with Gasteiger partial charge in [-0.1, -0.05) is 37.5 Å². The highest BCUT2D eigenvalue weighted by Crippen LogP contribution is 2.63. The highest BCUT2D eigenvalue weighted by molar-refractivity contribution is 6.02. The molecule has 35 heavy (non-hydrogen) atoms. The minimum atomic E-state index is -0.998. The summed E-state index contributed by atoms with van der Waals surface area (Å²) in [7, 11) is 0. The molecule has 3 N–H and O–H groups in total. The van der Waals surface area contributed by atoms with Crippen LogP contribution in [-0.2, 0) is 19.1 Å². The zero-order valence-corrected chi connectivity index (χ0v) is 20.5. The van der Waals surface area contributed by atoms with Gasteiger partial charge in [-0.15, -0.1) is 0 Å². The molecule has 8 nitrogen and oxygen atoms in total. The van der Waals surface area contributed by atoms with Crippen molar-refractivity contribution in [2.45, 2.75) is 88.0 Å². The summed E-state index contributed by atoms with van der Waals surface area (Å²) in [6.45, 7) is 2.31. The number of nitrogens with zero attached hydrogens (tertiary/aromatic N) is 1. The Morgan fingerprint density at radius 2 is 1.83 bits per heavy atom. The number of fused-ring (bicyclic) bond motifs is 1. The maximum Gasteiger partial charge on any atom is 0.246 e. The molecule has 4 aliphatic rings. The highest BCUT2D eigenvalue weighted by Gasteiger charge is 2.77. The topological polar surface area (TPSA) is 108 Å². The van der Waals surface area contributed by atoms with Gasteiger partial charge in [-0.2, -0.15) is 0 Å². The molecule has 8 heteroatoms. The number of para-hydroxylation sites is 1. The number of unbranched alkanes of at least 4 members (excludes halogenated alkanes) is 1. The molecule has 3 heterocycles. The van der Waals surface area contributed by atoms with Gasteiger partial charge in [0.15, 0.2) is 0 Å². The average Bonchev–Trinajstić information content (AvgIpc) is 3.41. The van der Waals surface area contributed by atoms with Crippen LogP contribution in [0.4, 0.5) is 5.69 Å². The lowest BCUT2D eigenvalue weighted by Gasteiger charge is -2.35. The molecule has 3 saturated heterocycles. The van der Waals surface area contributed by atoms with Gasteiger partial charge in [0.05, 0.1) is 17.4 Å².